The predicted molar refractivity (Wildman–Crippen MR) is 63.9 cm³/mol. The number of hydrogen-bond donors (Lipinski definition) is 0. The number of fused-ring (bicyclic) bond motifs is 1. The third kappa shape index (κ3) is 1.79. The van der Waals surface area contributed by atoms with Crippen LogP contribution in [0.3, 0.4) is 0 Å². The van der Waals surface area contributed by atoms with Gasteiger partial charge in [-0.3, -0.25) is 0 Å². The molecule has 0 saturated carbocycles. The van der Waals surface area contributed by atoms with Gasteiger partial charge in [0, 0.05) is 13.0 Å². The first-order valence-electron chi connectivity index (χ1n) is 5.60. The Bertz CT molecular complexity index is 534. The number of nitriles is 1. The Morgan fingerprint density at radius 3 is 2.88 bits per heavy atom. The van der Waals surface area contributed by atoms with Gasteiger partial charge in [-0.2, -0.15) is 5.26 Å². The minimum Gasteiger partial charge on any atom is -0.327 e. The lowest BCUT2D eigenvalue weighted by atomic mass is 10.2. The van der Waals surface area contributed by atoms with Gasteiger partial charge in [0.15, 0.2) is 0 Å². The fourth-order valence-electron chi connectivity index (χ4n) is 1.91. The third-order valence-electron chi connectivity index (χ3n) is 2.73. The van der Waals surface area contributed by atoms with E-state index in [1.54, 1.807) is 0 Å². The largest absolute Gasteiger partial charge is 0.327 e. The average Bonchev–Trinajstić information content (AvgIpc) is 2.67. The fraction of sp³-hybridized carbons (Fsp3) is 0.385. The summed E-state index contributed by atoms with van der Waals surface area (Å²) in [4.78, 5) is 4.57. The van der Waals surface area contributed by atoms with Gasteiger partial charge in [-0.05, 0) is 19.1 Å². The monoisotopic (exact) mass is 213 g/mol. The highest BCUT2D eigenvalue weighted by atomic mass is 15.1. The predicted octanol–water partition coefficient (Wildman–Crippen LogP) is 2.76. The molecule has 1 unspecified atom stereocenters. The molecule has 1 aromatic heterocycles. The highest BCUT2D eigenvalue weighted by molar-refractivity contribution is 5.75. The summed E-state index contributed by atoms with van der Waals surface area (Å²) in [7, 11) is 0. The standard InChI is InChI=1S/C13H15N3/c1-3-13-15-11-6-4-5-7-12(11)16(13)9-10(2)8-14/h4-7,10H,3,9H2,1-2H3. The van der Waals surface area contributed by atoms with Crippen LogP contribution in [0.5, 0.6) is 0 Å². The zero-order valence-electron chi connectivity index (χ0n) is 9.64. The minimum atomic E-state index is 0.0166. The molecular weight excluding hydrogens is 198 g/mol. The Kier molecular flexibility index (Phi) is 2.91. The summed E-state index contributed by atoms with van der Waals surface area (Å²) in [5.41, 5.74) is 2.14. The lowest BCUT2D eigenvalue weighted by molar-refractivity contribution is 0.572. The van der Waals surface area contributed by atoms with Crippen molar-refractivity contribution in [2.45, 2.75) is 26.8 Å². The van der Waals surface area contributed by atoms with Gasteiger partial charge in [-0.1, -0.05) is 19.1 Å². The maximum atomic E-state index is 8.89. The molecule has 0 aliphatic carbocycles. The molecule has 1 atom stereocenters. The number of imidazole rings is 1. The molecule has 0 amide bonds. The van der Waals surface area contributed by atoms with Crippen molar-refractivity contribution >= 4 is 11.0 Å². The Morgan fingerprint density at radius 1 is 1.44 bits per heavy atom. The van der Waals surface area contributed by atoms with E-state index in [2.05, 4.69) is 28.6 Å². The first kappa shape index (κ1) is 10.7. The van der Waals surface area contributed by atoms with Crippen molar-refractivity contribution in [2.24, 2.45) is 5.92 Å². The molecule has 0 bridgehead atoms. The molecule has 0 spiro atoms. The Morgan fingerprint density at radius 2 is 2.19 bits per heavy atom. The topological polar surface area (TPSA) is 41.6 Å². The number of hydrogen-bond acceptors (Lipinski definition) is 2. The molecule has 82 valence electrons. The van der Waals surface area contributed by atoms with Crippen LogP contribution in [-0.2, 0) is 13.0 Å². The van der Waals surface area contributed by atoms with Crippen molar-refractivity contribution in [3.8, 4) is 6.07 Å². The van der Waals surface area contributed by atoms with Crippen molar-refractivity contribution < 1.29 is 0 Å². The summed E-state index contributed by atoms with van der Waals surface area (Å²) in [6.07, 6.45) is 0.896. The zero-order valence-corrected chi connectivity index (χ0v) is 9.64. The summed E-state index contributed by atoms with van der Waals surface area (Å²) < 4.78 is 2.16. The molecule has 16 heavy (non-hydrogen) atoms. The Labute approximate surface area is 95.3 Å². The van der Waals surface area contributed by atoms with Crippen LogP contribution in [0.25, 0.3) is 11.0 Å². The lowest BCUT2D eigenvalue weighted by Crippen LogP contribution is -2.08. The van der Waals surface area contributed by atoms with Crippen LogP contribution in [0.2, 0.25) is 0 Å². The molecule has 3 nitrogen and oxygen atoms in total. The molecule has 0 aliphatic rings. The van der Waals surface area contributed by atoms with Crippen LogP contribution < -0.4 is 0 Å². The number of para-hydroxylation sites is 2. The van der Waals surface area contributed by atoms with E-state index >= 15 is 0 Å². The first-order chi connectivity index (χ1) is 7.76. The maximum Gasteiger partial charge on any atom is 0.109 e. The maximum absolute atomic E-state index is 8.89. The van der Waals surface area contributed by atoms with Crippen LogP contribution in [0.4, 0.5) is 0 Å². The number of benzene rings is 1. The smallest absolute Gasteiger partial charge is 0.109 e. The van der Waals surface area contributed by atoms with E-state index in [9.17, 15) is 0 Å². The quantitative estimate of drug-likeness (QED) is 0.786. The molecule has 0 aliphatic heterocycles. The molecule has 0 fully saturated rings. The summed E-state index contributed by atoms with van der Waals surface area (Å²) in [5.74, 6) is 1.08. The average molecular weight is 213 g/mol. The first-order valence-corrected chi connectivity index (χ1v) is 5.60. The lowest BCUT2D eigenvalue weighted by Gasteiger charge is -2.08. The second-order valence-electron chi connectivity index (χ2n) is 4.01. The van der Waals surface area contributed by atoms with E-state index in [0.717, 1.165) is 29.8 Å². The van der Waals surface area contributed by atoms with Gasteiger partial charge in [-0.15, -0.1) is 0 Å². The zero-order chi connectivity index (χ0) is 11.5. The molecule has 2 rings (SSSR count). The summed E-state index contributed by atoms with van der Waals surface area (Å²) >= 11 is 0. The number of aromatic nitrogens is 2. The molecule has 0 radical (unpaired) electrons. The van der Waals surface area contributed by atoms with E-state index in [4.69, 9.17) is 5.26 Å². The van der Waals surface area contributed by atoms with Crippen molar-refractivity contribution in [3.05, 3.63) is 30.1 Å². The van der Waals surface area contributed by atoms with Crippen molar-refractivity contribution in [1.82, 2.24) is 9.55 Å². The number of aryl methyl sites for hydroxylation is 1. The summed E-state index contributed by atoms with van der Waals surface area (Å²) in [5, 5.41) is 8.89. The Hall–Kier alpha value is -1.82. The SMILES string of the molecule is CCc1nc2ccccc2n1CC(C)C#N. The van der Waals surface area contributed by atoms with Gasteiger partial charge in [-0.25, -0.2) is 4.98 Å². The van der Waals surface area contributed by atoms with Gasteiger partial charge < -0.3 is 4.57 Å². The second-order valence-corrected chi connectivity index (χ2v) is 4.01. The highest BCUT2D eigenvalue weighted by Crippen LogP contribution is 2.17. The molecule has 2 aromatic rings. The van der Waals surface area contributed by atoms with Crippen molar-refractivity contribution in [3.63, 3.8) is 0 Å². The normalized spacial score (nSPS) is 12.6. The highest BCUT2D eigenvalue weighted by Gasteiger charge is 2.10. The van der Waals surface area contributed by atoms with Crippen molar-refractivity contribution in [1.29, 1.82) is 5.26 Å². The van der Waals surface area contributed by atoms with Gasteiger partial charge in [0.05, 0.1) is 23.0 Å². The molecule has 0 N–H and O–H groups in total. The Balaban J connectivity index is 2.52. The third-order valence-corrected chi connectivity index (χ3v) is 2.73. The summed E-state index contributed by atoms with van der Waals surface area (Å²) in [6, 6.07) is 10.4. The molecular formula is C13H15N3. The van der Waals surface area contributed by atoms with E-state index in [1.807, 2.05) is 25.1 Å². The molecule has 1 aromatic carbocycles. The molecule has 0 saturated heterocycles. The van der Waals surface area contributed by atoms with E-state index in [0.29, 0.717) is 0 Å². The van der Waals surface area contributed by atoms with Crippen LogP contribution in [-0.4, -0.2) is 9.55 Å². The van der Waals surface area contributed by atoms with Gasteiger partial charge in [0.25, 0.3) is 0 Å². The minimum absolute atomic E-state index is 0.0166. The van der Waals surface area contributed by atoms with Crippen LogP contribution in [0.1, 0.15) is 19.7 Å². The van der Waals surface area contributed by atoms with Crippen molar-refractivity contribution in [2.75, 3.05) is 0 Å². The number of rotatable bonds is 3. The van der Waals surface area contributed by atoms with Gasteiger partial charge in [0.1, 0.15) is 5.82 Å². The second kappa shape index (κ2) is 4.36. The van der Waals surface area contributed by atoms with Gasteiger partial charge >= 0.3 is 0 Å². The van der Waals surface area contributed by atoms with E-state index < -0.39 is 0 Å². The van der Waals surface area contributed by atoms with E-state index in [-0.39, 0.29) is 5.92 Å². The molecule has 3 heteroatoms. The number of nitrogens with zero attached hydrogens (tertiary/aromatic N) is 3. The fourth-order valence-corrected chi connectivity index (χ4v) is 1.91. The van der Waals surface area contributed by atoms with Crippen LogP contribution >= 0.6 is 0 Å². The summed E-state index contributed by atoms with van der Waals surface area (Å²) in [6.45, 7) is 4.75. The van der Waals surface area contributed by atoms with E-state index in [1.165, 1.54) is 0 Å². The van der Waals surface area contributed by atoms with Gasteiger partial charge in [0.2, 0.25) is 0 Å². The molecule has 1 heterocycles. The van der Waals surface area contributed by atoms with Crippen LogP contribution in [0, 0.1) is 17.2 Å². The van der Waals surface area contributed by atoms with Crippen LogP contribution in [0.15, 0.2) is 24.3 Å².